The average molecular weight is 321 g/mol. The molecule has 1 aliphatic heterocycles. The van der Waals surface area contributed by atoms with Gasteiger partial charge in [0.1, 0.15) is 5.75 Å². The van der Waals surface area contributed by atoms with E-state index in [0.717, 1.165) is 0 Å². The lowest BCUT2D eigenvalue weighted by Gasteiger charge is -2.35. The van der Waals surface area contributed by atoms with Crippen molar-refractivity contribution in [1.29, 1.82) is 0 Å². The Balaban J connectivity index is 1.87. The van der Waals surface area contributed by atoms with Crippen LogP contribution in [0.3, 0.4) is 0 Å². The van der Waals surface area contributed by atoms with Gasteiger partial charge in [-0.05, 0) is 34.1 Å². The highest BCUT2D eigenvalue weighted by Crippen LogP contribution is 2.28. The lowest BCUT2D eigenvalue weighted by atomic mass is 10.2. The van der Waals surface area contributed by atoms with Gasteiger partial charge in [0.15, 0.2) is 6.61 Å². The van der Waals surface area contributed by atoms with E-state index in [0.29, 0.717) is 28.3 Å². The molecule has 1 heterocycles. The second kappa shape index (κ2) is 5.25. The number of rotatable bonds is 3. The van der Waals surface area contributed by atoms with E-state index < -0.39 is 0 Å². The molecule has 0 spiro atoms. The number of hydrogen-bond acceptors (Lipinski definition) is 3. The third kappa shape index (κ3) is 3.12. The first kappa shape index (κ1) is 12.7. The number of nitrogens with zero attached hydrogens (tertiary/aromatic N) is 1. The Morgan fingerprint density at radius 3 is 2.88 bits per heavy atom. The van der Waals surface area contributed by atoms with Crippen LogP contribution in [0.1, 0.15) is 0 Å². The topological polar surface area (TPSA) is 49.8 Å². The largest absolute Gasteiger partial charge is 0.483 e. The van der Waals surface area contributed by atoms with Crippen molar-refractivity contribution in [2.75, 3.05) is 19.7 Å². The van der Waals surface area contributed by atoms with E-state index in [2.05, 4.69) is 15.9 Å². The predicted octanol–water partition coefficient (Wildman–Crippen LogP) is 1.68. The summed E-state index contributed by atoms with van der Waals surface area (Å²) in [5, 5.41) is 9.67. The molecule has 1 aliphatic rings. The number of hydrogen-bond donors (Lipinski definition) is 1. The monoisotopic (exact) mass is 319 g/mol. The van der Waals surface area contributed by atoms with E-state index in [4.69, 9.17) is 21.4 Å². The van der Waals surface area contributed by atoms with Gasteiger partial charge in [-0.25, -0.2) is 0 Å². The van der Waals surface area contributed by atoms with Crippen LogP contribution in [0.2, 0.25) is 5.02 Å². The molecule has 0 bridgehead atoms. The van der Waals surface area contributed by atoms with Crippen LogP contribution >= 0.6 is 27.5 Å². The minimum atomic E-state index is -0.388. The minimum absolute atomic E-state index is 0.0348. The molecular weight excluding hydrogens is 309 g/mol. The van der Waals surface area contributed by atoms with Gasteiger partial charge in [-0.15, -0.1) is 0 Å². The number of ether oxygens (including phenoxy) is 1. The Morgan fingerprint density at radius 1 is 1.59 bits per heavy atom. The molecule has 1 saturated heterocycles. The fourth-order valence-electron chi connectivity index (χ4n) is 1.48. The lowest BCUT2D eigenvalue weighted by Crippen LogP contribution is -2.54. The van der Waals surface area contributed by atoms with Crippen LogP contribution < -0.4 is 4.74 Å². The number of benzene rings is 1. The molecule has 92 valence electrons. The first-order valence-electron chi connectivity index (χ1n) is 5.10. The standard InChI is InChI=1S/C11H11BrClNO3/c12-9-3-7(13)1-2-10(9)17-6-11(16)14-4-8(15)5-14/h1-3,8,15H,4-6H2. The van der Waals surface area contributed by atoms with Crippen LogP contribution in [0.25, 0.3) is 0 Å². The number of β-amino-alcohol motifs (C(OH)–C–C–N with tert-alkyl or cyclic N) is 1. The summed E-state index contributed by atoms with van der Waals surface area (Å²) in [6.45, 7) is 0.751. The van der Waals surface area contributed by atoms with Crippen molar-refractivity contribution >= 4 is 33.4 Å². The van der Waals surface area contributed by atoms with E-state index in [1.807, 2.05) is 0 Å². The van der Waals surface area contributed by atoms with Gasteiger partial charge in [0.2, 0.25) is 0 Å². The number of carbonyl (C=O) groups excluding carboxylic acids is 1. The zero-order valence-corrected chi connectivity index (χ0v) is 11.2. The molecule has 1 amide bonds. The van der Waals surface area contributed by atoms with Crippen molar-refractivity contribution in [3.8, 4) is 5.75 Å². The molecule has 1 aromatic rings. The van der Waals surface area contributed by atoms with E-state index in [1.165, 1.54) is 0 Å². The number of carbonyl (C=O) groups is 1. The second-order valence-electron chi connectivity index (χ2n) is 3.82. The summed E-state index contributed by atoms with van der Waals surface area (Å²) < 4.78 is 6.08. The van der Waals surface area contributed by atoms with Gasteiger partial charge in [-0.2, -0.15) is 0 Å². The number of halogens is 2. The van der Waals surface area contributed by atoms with E-state index in [1.54, 1.807) is 23.1 Å². The van der Waals surface area contributed by atoms with E-state index in [-0.39, 0.29) is 18.6 Å². The first-order chi connectivity index (χ1) is 8.06. The van der Waals surface area contributed by atoms with E-state index in [9.17, 15) is 4.79 Å². The Morgan fingerprint density at radius 2 is 2.29 bits per heavy atom. The molecule has 1 fully saturated rings. The summed E-state index contributed by atoms with van der Waals surface area (Å²) in [6.07, 6.45) is -0.388. The highest BCUT2D eigenvalue weighted by atomic mass is 79.9. The van der Waals surface area contributed by atoms with Crippen molar-refractivity contribution in [3.05, 3.63) is 27.7 Å². The molecular formula is C11H11BrClNO3. The maximum absolute atomic E-state index is 11.6. The minimum Gasteiger partial charge on any atom is -0.483 e. The second-order valence-corrected chi connectivity index (χ2v) is 5.11. The third-order valence-corrected chi connectivity index (χ3v) is 3.31. The van der Waals surface area contributed by atoms with Crippen molar-refractivity contribution in [2.45, 2.75) is 6.10 Å². The molecule has 17 heavy (non-hydrogen) atoms. The lowest BCUT2D eigenvalue weighted by molar-refractivity contribution is -0.143. The summed E-state index contributed by atoms with van der Waals surface area (Å²) in [7, 11) is 0. The van der Waals surface area contributed by atoms with Crippen molar-refractivity contribution in [3.63, 3.8) is 0 Å². The molecule has 2 rings (SSSR count). The molecule has 1 aromatic carbocycles. The zero-order valence-electron chi connectivity index (χ0n) is 8.90. The smallest absolute Gasteiger partial charge is 0.260 e. The van der Waals surface area contributed by atoms with Crippen molar-refractivity contribution < 1.29 is 14.6 Å². The quantitative estimate of drug-likeness (QED) is 0.922. The summed E-state index contributed by atoms with van der Waals surface area (Å²) in [6, 6.07) is 5.10. The first-order valence-corrected chi connectivity index (χ1v) is 6.27. The summed E-state index contributed by atoms with van der Waals surface area (Å²) in [5.74, 6) is 0.445. The van der Waals surface area contributed by atoms with E-state index >= 15 is 0 Å². The maximum Gasteiger partial charge on any atom is 0.260 e. The van der Waals surface area contributed by atoms with Crippen LogP contribution in [0.4, 0.5) is 0 Å². The fraction of sp³-hybridized carbons (Fsp3) is 0.364. The van der Waals surface area contributed by atoms with Gasteiger partial charge >= 0.3 is 0 Å². The SMILES string of the molecule is O=C(COc1ccc(Cl)cc1Br)N1CC(O)C1. The van der Waals surface area contributed by atoms with Gasteiger partial charge in [0.05, 0.1) is 10.6 Å². The van der Waals surface area contributed by atoms with Crippen LogP contribution in [-0.4, -0.2) is 41.7 Å². The highest BCUT2D eigenvalue weighted by molar-refractivity contribution is 9.10. The average Bonchev–Trinajstić information content (AvgIpc) is 2.23. The number of aliphatic hydroxyl groups excluding tert-OH is 1. The Hall–Kier alpha value is -0.780. The van der Waals surface area contributed by atoms with Crippen LogP contribution in [0.5, 0.6) is 5.75 Å². The molecule has 1 N–H and O–H groups in total. The number of amides is 1. The molecule has 4 nitrogen and oxygen atoms in total. The van der Waals surface area contributed by atoms with Gasteiger partial charge in [0, 0.05) is 18.1 Å². The van der Waals surface area contributed by atoms with Crippen LogP contribution in [-0.2, 0) is 4.79 Å². The highest BCUT2D eigenvalue weighted by Gasteiger charge is 2.28. The predicted molar refractivity (Wildman–Crippen MR) is 67.2 cm³/mol. The molecule has 6 heteroatoms. The fourth-order valence-corrected chi connectivity index (χ4v) is 2.28. The Bertz CT molecular complexity index is 435. The number of aliphatic hydroxyl groups is 1. The van der Waals surface area contributed by atoms with Crippen LogP contribution in [0, 0.1) is 0 Å². The molecule has 0 saturated carbocycles. The summed E-state index contributed by atoms with van der Waals surface area (Å²) in [5.41, 5.74) is 0. The summed E-state index contributed by atoms with van der Waals surface area (Å²) >= 11 is 9.09. The van der Waals surface area contributed by atoms with Crippen molar-refractivity contribution in [2.24, 2.45) is 0 Å². The van der Waals surface area contributed by atoms with Crippen molar-refractivity contribution in [1.82, 2.24) is 4.90 Å². The zero-order chi connectivity index (χ0) is 12.4. The summed E-state index contributed by atoms with van der Waals surface area (Å²) in [4.78, 5) is 13.1. The van der Waals surface area contributed by atoms with Gasteiger partial charge in [-0.3, -0.25) is 4.79 Å². The number of likely N-dealkylation sites (tertiary alicyclic amines) is 1. The Kier molecular flexibility index (Phi) is 3.91. The van der Waals surface area contributed by atoms with Crippen LogP contribution in [0.15, 0.2) is 22.7 Å². The Labute approximate surface area is 112 Å². The molecule has 0 atom stereocenters. The molecule has 0 unspecified atom stereocenters. The van der Waals surface area contributed by atoms with Gasteiger partial charge < -0.3 is 14.7 Å². The molecule has 0 aliphatic carbocycles. The molecule has 0 radical (unpaired) electrons. The third-order valence-electron chi connectivity index (χ3n) is 2.46. The maximum atomic E-state index is 11.6. The van der Waals surface area contributed by atoms with Gasteiger partial charge in [0.25, 0.3) is 5.91 Å². The molecule has 0 aromatic heterocycles. The van der Waals surface area contributed by atoms with Gasteiger partial charge in [-0.1, -0.05) is 11.6 Å². The normalized spacial score (nSPS) is 15.6.